The van der Waals surface area contributed by atoms with Gasteiger partial charge in [-0.2, -0.15) is 0 Å². The predicted molar refractivity (Wildman–Crippen MR) is 79.7 cm³/mol. The molecule has 3 rings (SSSR count). The Labute approximate surface area is 118 Å². The lowest BCUT2D eigenvalue weighted by Crippen LogP contribution is -2.16. The van der Waals surface area contributed by atoms with Crippen LogP contribution in [0.15, 0.2) is 36.5 Å². The molecule has 0 saturated carbocycles. The van der Waals surface area contributed by atoms with E-state index in [0.717, 1.165) is 18.5 Å². The number of nitrogen functional groups attached to an aromatic ring is 1. The Kier molecular flexibility index (Phi) is 3.37. The molecule has 0 bridgehead atoms. The van der Waals surface area contributed by atoms with E-state index in [4.69, 9.17) is 5.73 Å². The number of benzene rings is 1. The quantitative estimate of drug-likeness (QED) is 0.879. The van der Waals surface area contributed by atoms with Gasteiger partial charge in [-0.3, -0.25) is 9.78 Å². The molecule has 0 fully saturated rings. The number of anilines is 2. The van der Waals surface area contributed by atoms with Crippen molar-refractivity contribution in [2.75, 3.05) is 11.1 Å². The number of nitrogens with one attached hydrogen (secondary N) is 1. The topological polar surface area (TPSA) is 68.0 Å². The van der Waals surface area contributed by atoms with Crippen molar-refractivity contribution >= 4 is 17.3 Å². The summed E-state index contributed by atoms with van der Waals surface area (Å²) in [7, 11) is 0. The van der Waals surface area contributed by atoms with Crippen molar-refractivity contribution in [2.24, 2.45) is 0 Å². The largest absolute Gasteiger partial charge is 0.399 e. The molecule has 1 heterocycles. The smallest absolute Gasteiger partial charge is 0.274 e. The van der Waals surface area contributed by atoms with Crippen LogP contribution in [0.25, 0.3) is 0 Å². The maximum absolute atomic E-state index is 12.2. The van der Waals surface area contributed by atoms with Gasteiger partial charge in [-0.15, -0.1) is 0 Å². The summed E-state index contributed by atoms with van der Waals surface area (Å²) in [4.78, 5) is 16.3. The zero-order chi connectivity index (χ0) is 13.9. The van der Waals surface area contributed by atoms with Crippen LogP contribution < -0.4 is 11.1 Å². The molecule has 0 radical (unpaired) electrons. The van der Waals surface area contributed by atoms with Crippen molar-refractivity contribution in [1.29, 1.82) is 0 Å². The number of aryl methyl sites for hydroxylation is 1. The second-order valence-corrected chi connectivity index (χ2v) is 5.08. The Hall–Kier alpha value is -2.36. The third-order valence-corrected chi connectivity index (χ3v) is 3.66. The van der Waals surface area contributed by atoms with Crippen molar-refractivity contribution in [3.05, 3.63) is 53.3 Å². The van der Waals surface area contributed by atoms with Crippen LogP contribution in [0, 0.1) is 0 Å². The maximum Gasteiger partial charge on any atom is 0.274 e. The zero-order valence-electron chi connectivity index (χ0n) is 11.2. The molecular formula is C16H17N3O. The predicted octanol–water partition coefficient (Wildman–Crippen LogP) is 2.79. The highest BCUT2D eigenvalue weighted by atomic mass is 16.1. The molecule has 20 heavy (non-hydrogen) atoms. The highest BCUT2D eigenvalue weighted by molar-refractivity contribution is 6.03. The fourth-order valence-electron chi connectivity index (χ4n) is 2.66. The molecule has 0 spiro atoms. The average molecular weight is 267 g/mol. The first kappa shape index (κ1) is 12.7. The van der Waals surface area contributed by atoms with Gasteiger partial charge in [-0.05, 0) is 55.0 Å². The average Bonchev–Trinajstić information content (AvgIpc) is 2.47. The fraction of sp³-hybridized carbons (Fsp3) is 0.250. The molecule has 1 aliphatic rings. The number of pyridine rings is 1. The molecule has 4 heteroatoms. The second kappa shape index (κ2) is 5.33. The number of carbonyl (C=O) groups excluding carboxylic acids is 1. The minimum absolute atomic E-state index is 0.212. The van der Waals surface area contributed by atoms with E-state index in [1.807, 2.05) is 12.1 Å². The minimum atomic E-state index is -0.212. The Morgan fingerprint density at radius 3 is 2.90 bits per heavy atom. The van der Waals surface area contributed by atoms with Gasteiger partial charge in [0.1, 0.15) is 5.69 Å². The lowest BCUT2D eigenvalue weighted by molar-refractivity contribution is 0.102. The molecule has 0 aliphatic heterocycles. The van der Waals surface area contributed by atoms with Gasteiger partial charge in [0.25, 0.3) is 5.91 Å². The summed E-state index contributed by atoms with van der Waals surface area (Å²) in [6.45, 7) is 0. The number of hydrogen-bond donors (Lipinski definition) is 2. The van der Waals surface area contributed by atoms with E-state index < -0.39 is 0 Å². The van der Waals surface area contributed by atoms with Gasteiger partial charge in [-0.25, -0.2) is 0 Å². The van der Waals surface area contributed by atoms with Crippen LogP contribution in [0.3, 0.4) is 0 Å². The lowest BCUT2D eigenvalue weighted by Gasteiger charge is -2.19. The number of aromatic nitrogens is 1. The van der Waals surface area contributed by atoms with E-state index in [1.165, 1.54) is 24.0 Å². The maximum atomic E-state index is 12.2. The molecule has 3 N–H and O–H groups in total. The number of nitrogens with zero attached hydrogens (tertiary/aromatic N) is 1. The molecule has 0 unspecified atom stereocenters. The van der Waals surface area contributed by atoms with Crippen LogP contribution in [0.2, 0.25) is 0 Å². The molecule has 0 atom stereocenters. The second-order valence-electron chi connectivity index (χ2n) is 5.08. The first-order valence-electron chi connectivity index (χ1n) is 6.88. The number of fused-ring (bicyclic) bond motifs is 1. The number of rotatable bonds is 2. The summed E-state index contributed by atoms with van der Waals surface area (Å²) in [6.07, 6.45) is 6.06. The Bertz CT molecular complexity index is 652. The van der Waals surface area contributed by atoms with Crippen LogP contribution in [0.5, 0.6) is 0 Å². The van der Waals surface area contributed by atoms with E-state index in [9.17, 15) is 4.79 Å². The Morgan fingerprint density at radius 1 is 1.20 bits per heavy atom. The molecule has 1 amide bonds. The van der Waals surface area contributed by atoms with Crippen LogP contribution in [-0.4, -0.2) is 10.9 Å². The molecule has 2 aromatic rings. The SMILES string of the molecule is Nc1ccnc(C(=O)Nc2cccc3c2CCCC3)c1. The van der Waals surface area contributed by atoms with Crippen LogP contribution in [-0.2, 0) is 12.8 Å². The first-order valence-corrected chi connectivity index (χ1v) is 6.88. The minimum Gasteiger partial charge on any atom is -0.399 e. The number of hydrogen-bond acceptors (Lipinski definition) is 3. The molecule has 1 aromatic carbocycles. The highest BCUT2D eigenvalue weighted by Crippen LogP contribution is 2.28. The van der Waals surface area contributed by atoms with Crippen molar-refractivity contribution in [3.63, 3.8) is 0 Å². The summed E-state index contributed by atoms with van der Waals surface area (Å²) in [5.74, 6) is -0.212. The Balaban J connectivity index is 1.86. The van der Waals surface area contributed by atoms with Crippen LogP contribution >= 0.6 is 0 Å². The van der Waals surface area contributed by atoms with Crippen LogP contribution in [0.4, 0.5) is 11.4 Å². The van der Waals surface area contributed by atoms with Crippen LogP contribution in [0.1, 0.15) is 34.5 Å². The van der Waals surface area contributed by atoms with Crippen molar-refractivity contribution in [2.45, 2.75) is 25.7 Å². The first-order chi connectivity index (χ1) is 9.74. The molecule has 0 saturated heterocycles. The van der Waals surface area contributed by atoms with Gasteiger partial charge < -0.3 is 11.1 Å². The normalized spacial score (nSPS) is 13.6. The summed E-state index contributed by atoms with van der Waals surface area (Å²) < 4.78 is 0. The van der Waals surface area contributed by atoms with Gasteiger partial charge in [0, 0.05) is 17.6 Å². The molecule has 4 nitrogen and oxygen atoms in total. The standard InChI is InChI=1S/C16H17N3O/c17-12-8-9-18-15(10-12)16(20)19-14-7-3-5-11-4-1-2-6-13(11)14/h3,5,7-10H,1-2,4,6H2,(H2,17,18)(H,19,20). The number of amides is 1. The summed E-state index contributed by atoms with van der Waals surface area (Å²) in [5, 5.41) is 2.96. The van der Waals surface area contributed by atoms with Gasteiger partial charge >= 0.3 is 0 Å². The summed E-state index contributed by atoms with van der Waals surface area (Å²) >= 11 is 0. The van der Waals surface area contributed by atoms with E-state index in [1.54, 1.807) is 18.3 Å². The third kappa shape index (κ3) is 2.50. The van der Waals surface area contributed by atoms with Gasteiger partial charge in [0.05, 0.1) is 0 Å². The molecule has 1 aliphatic carbocycles. The van der Waals surface area contributed by atoms with Gasteiger partial charge in [0.15, 0.2) is 0 Å². The summed E-state index contributed by atoms with van der Waals surface area (Å²) in [6, 6.07) is 9.34. The Morgan fingerprint density at radius 2 is 2.05 bits per heavy atom. The number of nitrogens with two attached hydrogens (primary N) is 1. The zero-order valence-corrected chi connectivity index (χ0v) is 11.2. The molecular weight excluding hydrogens is 250 g/mol. The third-order valence-electron chi connectivity index (χ3n) is 3.66. The summed E-state index contributed by atoms with van der Waals surface area (Å²) in [5.41, 5.74) is 10.1. The highest BCUT2D eigenvalue weighted by Gasteiger charge is 2.15. The lowest BCUT2D eigenvalue weighted by atomic mass is 9.90. The van der Waals surface area contributed by atoms with E-state index in [2.05, 4.69) is 16.4 Å². The molecule has 102 valence electrons. The molecule has 1 aromatic heterocycles. The van der Waals surface area contributed by atoms with Gasteiger partial charge in [-0.1, -0.05) is 12.1 Å². The van der Waals surface area contributed by atoms with E-state index in [-0.39, 0.29) is 5.91 Å². The van der Waals surface area contributed by atoms with Crippen molar-refractivity contribution in [3.8, 4) is 0 Å². The monoisotopic (exact) mass is 267 g/mol. The van der Waals surface area contributed by atoms with Crippen molar-refractivity contribution in [1.82, 2.24) is 4.98 Å². The number of carbonyl (C=O) groups is 1. The van der Waals surface area contributed by atoms with E-state index in [0.29, 0.717) is 11.4 Å². The van der Waals surface area contributed by atoms with Gasteiger partial charge in [0.2, 0.25) is 0 Å². The fourth-order valence-corrected chi connectivity index (χ4v) is 2.66. The van der Waals surface area contributed by atoms with Crippen molar-refractivity contribution < 1.29 is 4.79 Å². The van der Waals surface area contributed by atoms with E-state index >= 15 is 0 Å².